The number of hydrogen-bond donors (Lipinski definition) is 2. The van der Waals surface area contributed by atoms with Crippen LogP contribution in [0.25, 0.3) is 0 Å². The Balaban J connectivity index is 2.29. The summed E-state index contributed by atoms with van der Waals surface area (Å²) in [5, 5.41) is 12.8. The zero-order chi connectivity index (χ0) is 17.2. The normalized spacial score (nSPS) is 13.6. The summed E-state index contributed by atoms with van der Waals surface area (Å²) in [6.45, 7) is 5.28. The van der Waals surface area contributed by atoms with E-state index in [0.29, 0.717) is 4.88 Å². The Morgan fingerprint density at radius 2 is 1.91 bits per heavy atom. The van der Waals surface area contributed by atoms with Crippen LogP contribution >= 0.6 is 11.3 Å². The molecule has 122 valence electrons. The van der Waals surface area contributed by atoms with E-state index in [1.165, 1.54) is 36.6 Å². The minimum Gasteiger partial charge on any atom is -0.479 e. The third kappa shape index (κ3) is 3.56. The van der Waals surface area contributed by atoms with E-state index < -0.39 is 23.2 Å². The second-order valence-electron chi connectivity index (χ2n) is 5.61. The first kappa shape index (κ1) is 17.1. The van der Waals surface area contributed by atoms with Gasteiger partial charge in [-0.25, -0.2) is 14.2 Å². The molecule has 0 aliphatic rings. The largest absolute Gasteiger partial charge is 0.479 e. The summed E-state index contributed by atoms with van der Waals surface area (Å²) in [6.07, 6.45) is 1.43. The molecule has 23 heavy (non-hydrogen) atoms. The third-order valence-electron chi connectivity index (χ3n) is 3.45. The van der Waals surface area contributed by atoms with Crippen LogP contribution in [0.4, 0.5) is 4.39 Å². The highest BCUT2D eigenvalue weighted by Crippen LogP contribution is 2.25. The van der Waals surface area contributed by atoms with Gasteiger partial charge in [-0.3, -0.25) is 4.79 Å². The molecule has 1 atom stereocenters. The Morgan fingerprint density at radius 1 is 1.30 bits per heavy atom. The fourth-order valence-electron chi connectivity index (χ4n) is 1.98. The number of carbonyl (C=O) groups excluding carboxylic acids is 1. The van der Waals surface area contributed by atoms with Crippen molar-refractivity contribution in [3.8, 4) is 0 Å². The molecule has 2 aromatic rings. The lowest BCUT2D eigenvalue weighted by Gasteiger charge is -2.26. The van der Waals surface area contributed by atoms with Crippen LogP contribution < -0.4 is 5.32 Å². The van der Waals surface area contributed by atoms with Crippen LogP contribution in [0.2, 0.25) is 0 Å². The monoisotopic (exact) mass is 336 g/mol. The van der Waals surface area contributed by atoms with Gasteiger partial charge in [0, 0.05) is 5.92 Å². The molecule has 0 aliphatic heterocycles. The van der Waals surface area contributed by atoms with Crippen LogP contribution in [-0.2, 0) is 10.3 Å². The van der Waals surface area contributed by atoms with Gasteiger partial charge in [0.25, 0.3) is 5.91 Å². The van der Waals surface area contributed by atoms with Crippen molar-refractivity contribution >= 4 is 23.2 Å². The van der Waals surface area contributed by atoms with Crippen molar-refractivity contribution in [3.63, 3.8) is 0 Å². The van der Waals surface area contributed by atoms with Crippen molar-refractivity contribution < 1.29 is 19.1 Å². The van der Waals surface area contributed by atoms with Crippen LogP contribution in [-0.4, -0.2) is 22.0 Å². The summed E-state index contributed by atoms with van der Waals surface area (Å²) in [5.41, 5.74) is -1.37. The smallest absolute Gasteiger partial charge is 0.333 e. The van der Waals surface area contributed by atoms with E-state index in [2.05, 4.69) is 10.3 Å². The molecule has 0 spiro atoms. The van der Waals surface area contributed by atoms with E-state index in [-0.39, 0.29) is 11.5 Å². The van der Waals surface area contributed by atoms with Gasteiger partial charge in [0.15, 0.2) is 5.54 Å². The zero-order valence-electron chi connectivity index (χ0n) is 13.0. The number of nitrogens with one attached hydrogen (secondary N) is 1. The summed E-state index contributed by atoms with van der Waals surface area (Å²) >= 11 is 1.22. The SMILES string of the molecule is CC(C)c1ncc(C(=O)NC(C)(C(=O)O)c2ccc(F)cc2)s1. The number of aromatic nitrogens is 1. The van der Waals surface area contributed by atoms with Gasteiger partial charge in [-0.1, -0.05) is 26.0 Å². The number of aliphatic carboxylic acids is 1. The van der Waals surface area contributed by atoms with Gasteiger partial charge in [0.1, 0.15) is 10.7 Å². The molecule has 5 nitrogen and oxygen atoms in total. The standard InChI is InChI=1S/C16H17FN2O3S/c1-9(2)14-18-8-12(23-14)13(20)19-16(3,15(21)22)10-4-6-11(17)7-5-10/h4-9H,1-3H3,(H,19,20)(H,21,22). The van der Waals surface area contributed by atoms with Crippen molar-refractivity contribution in [3.05, 3.63) is 51.7 Å². The number of carbonyl (C=O) groups is 2. The zero-order valence-corrected chi connectivity index (χ0v) is 13.8. The topological polar surface area (TPSA) is 79.3 Å². The van der Waals surface area contributed by atoms with Gasteiger partial charge in [0.05, 0.1) is 11.2 Å². The van der Waals surface area contributed by atoms with Crippen LogP contribution in [0.15, 0.2) is 30.5 Å². The van der Waals surface area contributed by atoms with Crippen molar-refractivity contribution in [1.29, 1.82) is 0 Å². The highest BCUT2D eigenvalue weighted by molar-refractivity contribution is 7.13. The van der Waals surface area contributed by atoms with E-state index in [9.17, 15) is 19.1 Å². The molecule has 0 radical (unpaired) electrons. The van der Waals surface area contributed by atoms with Crippen LogP contribution in [0.3, 0.4) is 0 Å². The second-order valence-corrected chi connectivity index (χ2v) is 6.67. The lowest BCUT2D eigenvalue weighted by atomic mass is 9.92. The van der Waals surface area contributed by atoms with Crippen LogP contribution in [0.5, 0.6) is 0 Å². The van der Waals surface area contributed by atoms with Crippen LogP contribution in [0, 0.1) is 5.82 Å². The Bertz CT molecular complexity index is 727. The quantitative estimate of drug-likeness (QED) is 0.879. The average molecular weight is 336 g/mol. The Hall–Kier alpha value is -2.28. The molecule has 7 heteroatoms. The van der Waals surface area contributed by atoms with Gasteiger partial charge < -0.3 is 10.4 Å². The Labute approximate surface area is 137 Å². The molecule has 0 bridgehead atoms. The maximum Gasteiger partial charge on any atom is 0.333 e. The van der Waals surface area contributed by atoms with Crippen molar-refractivity contribution in [2.24, 2.45) is 0 Å². The molecule has 2 rings (SSSR count). The first-order valence-corrected chi connectivity index (χ1v) is 7.83. The molecular weight excluding hydrogens is 319 g/mol. The van der Waals surface area contributed by atoms with E-state index in [1.54, 1.807) is 0 Å². The molecule has 0 saturated carbocycles. The molecule has 0 fully saturated rings. The molecule has 1 amide bonds. The highest BCUT2D eigenvalue weighted by atomic mass is 32.1. The van der Waals surface area contributed by atoms with Crippen LogP contribution in [0.1, 0.15) is 46.9 Å². The van der Waals surface area contributed by atoms with E-state index in [0.717, 1.165) is 17.1 Å². The first-order chi connectivity index (χ1) is 10.7. The molecule has 1 aromatic heterocycles. The molecule has 0 aliphatic carbocycles. The lowest BCUT2D eigenvalue weighted by Crippen LogP contribution is -2.49. The summed E-state index contributed by atoms with van der Waals surface area (Å²) in [6, 6.07) is 5.00. The average Bonchev–Trinajstić information content (AvgIpc) is 2.97. The number of carboxylic acids is 1. The summed E-state index contributed by atoms with van der Waals surface area (Å²) in [7, 11) is 0. The van der Waals surface area contributed by atoms with E-state index in [1.807, 2.05) is 13.8 Å². The molecule has 1 heterocycles. The maximum atomic E-state index is 13.0. The minimum absolute atomic E-state index is 0.185. The fraction of sp³-hybridized carbons (Fsp3) is 0.312. The molecule has 0 saturated heterocycles. The van der Waals surface area contributed by atoms with Crippen molar-refractivity contribution in [1.82, 2.24) is 10.3 Å². The highest BCUT2D eigenvalue weighted by Gasteiger charge is 2.37. The fourth-order valence-corrected chi connectivity index (χ4v) is 2.80. The van der Waals surface area contributed by atoms with Gasteiger partial charge in [-0.15, -0.1) is 11.3 Å². The third-order valence-corrected chi connectivity index (χ3v) is 4.75. The molecule has 1 unspecified atom stereocenters. The number of rotatable bonds is 5. The maximum absolute atomic E-state index is 13.0. The summed E-state index contributed by atoms with van der Waals surface area (Å²) < 4.78 is 13.0. The number of benzene rings is 1. The van der Waals surface area contributed by atoms with Crippen molar-refractivity contribution in [2.45, 2.75) is 32.2 Å². The van der Waals surface area contributed by atoms with Gasteiger partial charge in [-0.2, -0.15) is 0 Å². The summed E-state index contributed by atoms with van der Waals surface area (Å²) in [4.78, 5) is 28.5. The van der Waals surface area contributed by atoms with Gasteiger partial charge >= 0.3 is 5.97 Å². The molecule has 1 aromatic carbocycles. The number of nitrogens with zero attached hydrogens (tertiary/aromatic N) is 1. The number of hydrogen-bond acceptors (Lipinski definition) is 4. The summed E-state index contributed by atoms with van der Waals surface area (Å²) in [5.74, 6) is -2.05. The number of carboxylic acid groups (broad SMARTS) is 1. The van der Waals surface area contributed by atoms with Gasteiger partial charge in [0.2, 0.25) is 0 Å². The van der Waals surface area contributed by atoms with E-state index >= 15 is 0 Å². The number of amides is 1. The Kier molecular flexibility index (Phi) is 4.79. The predicted octanol–water partition coefficient (Wildman–Crippen LogP) is 3.14. The lowest BCUT2D eigenvalue weighted by molar-refractivity contribution is -0.144. The van der Waals surface area contributed by atoms with Gasteiger partial charge in [-0.05, 0) is 24.6 Å². The second kappa shape index (κ2) is 6.45. The number of thiazole rings is 1. The minimum atomic E-state index is -1.66. The Morgan fingerprint density at radius 3 is 2.39 bits per heavy atom. The van der Waals surface area contributed by atoms with Crippen molar-refractivity contribution in [2.75, 3.05) is 0 Å². The van der Waals surface area contributed by atoms with E-state index in [4.69, 9.17) is 0 Å². The first-order valence-electron chi connectivity index (χ1n) is 7.01. The number of halogens is 1. The predicted molar refractivity (Wildman–Crippen MR) is 85.1 cm³/mol. The molecular formula is C16H17FN2O3S. The molecule has 2 N–H and O–H groups in total.